The molecule has 14 heavy (non-hydrogen) atoms. The van der Waals surface area contributed by atoms with Gasteiger partial charge in [-0.25, -0.2) is 0 Å². The summed E-state index contributed by atoms with van der Waals surface area (Å²) in [6, 6.07) is 0. The lowest BCUT2D eigenvalue weighted by atomic mass is 9.91. The number of carboxylic acid groups (broad SMARTS) is 1. The standard InChI is InChI=1S/C11H21NO2/c1-3-9-5-6-11(7-9,12-4-2)8-10(13)14/h9,12H,3-8H2,1-2H3,(H,13,14). The van der Waals surface area contributed by atoms with Crippen LogP contribution < -0.4 is 5.32 Å². The van der Waals surface area contributed by atoms with Gasteiger partial charge >= 0.3 is 5.97 Å². The highest BCUT2D eigenvalue weighted by Crippen LogP contribution is 2.38. The minimum Gasteiger partial charge on any atom is -0.481 e. The van der Waals surface area contributed by atoms with Crippen LogP contribution in [0.3, 0.4) is 0 Å². The van der Waals surface area contributed by atoms with Crippen molar-refractivity contribution < 1.29 is 9.90 Å². The van der Waals surface area contributed by atoms with Crippen molar-refractivity contribution in [2.45, 2.75) is 51.5 Å². The Balaban J connectivity index is 2.59. The lowest BCUT2D eigenvalue weighted by Crippen LogP contribution is -2.44. The van der Waals surface area contributed by atoms with Gasteiger partial charge in [0.1, 0.15) is 0 Å². The fourth-order valence-electron chi connectivity index (χ4n) is 2.63. The van der Waals surface area contributed by atoms with E-state index in [-0.39, 0.29) is 12.0 Å². The second kappa shape index (κ2) is 4.78. The SMILES string of the molecule is CCNC1(CC(=O)O)CCC(CC)C1. The van der Waals surface area contributed by atoms with Gasteiger partial charge in [-0.3, -0.25) is 4.79 Å². The smallest absolute Gasteiger partial charge is 0.305 e. The van der Waals surface area contributed by atoms with Crippen LogP contribution in [-0.4, -0.2) is 23.2 Å². The molecule has 3 heteroatoms. The molecule has 2 unspecified atom stereocenters. The van der Waals surface area contributed by atoms with Crippen molar-refractivity contribution in [1.82, 2.24) is 5.32 Å². The van der Waals surface area contributed by atoms with E-state index in [1.54, 1.807) is 0 Å². The molecule has 0 spiro atoms. The van der Waals surface area contributed by atoms with E-state index >= 15 is 0 Å². The third kappa shape index (κ3) is 2.71. The molecule has 0 bridgehead atoms. The predicted molar refractivity (Wildman–Crippen MR) is 56.3 cm³/mol. The van der Waals surface area contributed by atoms with Crippen LogP contribution in [0.5, 0.6) is 0 Å². The van der Waals surface area contributed by atoms with E-state index in [1.165, 1.54) is 12.8 Å². The van der Waals surface area contributed by atoms with Gasteiger partial charge in [0, 0.05) is 5.54 Å². The van der Waals surface area contributed by atoms with Crippen LogP contribution in [0.2, 0.25) is 0 Å². The summed E-state index contributed by atoms with van der Waals surface area (Å²) >= 11 is 0. The Bertz CT molecular complexity index is 205. The molecule has 1 saturated carbocycles. The van der Waals surface area contributed by atoms with Gasteiger partial charge in [-0.2, -0.15) is 0 Å². The van der Waals surface area contributed by atoms with Gasteiger partial charge in [0.15, 0.2) is 0 Å². The quantitative estimate of drug-likeness (QED) is 0.712. The van der Waals surface area contributed by atoms with Gasteiger partial charge in [0.2, 0.25) is 0 Å². The first-order chi connectivity index (χ1) is 6.62. The lowest BCUT2D eigenvalue weighted by Gasteiger charge is -2.28. The number of aliphatic carboxylic acids is 1. The van der Waals surface area contributed by atoms with Crippen molar-refractivity contribution in [3.8, 4) is 0 Å². The molecule has 1 fully saturated rings. The third-order valence-electron chi connectivity index (χ3n) is 3.33. The Hall–Kier alpha value is -0.570. The molecule has 1 aliphatic rings. The van der Waals surface area contributed by atoms with Gasteiger partial charge in [-0.1, -0.05) is 20.3 Å². The molecule has 2 N–H and O–H groups in total. The average Bonchev–Trinajstić information content (AvgIpc) is 2.48. The Morgan fingerprint density at radius 2 is 2.29 bits per heavy atom. The summed E-state index contributed by atoms with van der Waals surface area (Å²) in [4.78, 5) is 10.8. The average molecular weight is 199 g/mol. The van der Waals surface area contributed by atoms with E-state index < -0.39 is 5.97 Å². The van der Waals surface area contributed by atoms with Crippen LogP contribution in [0.4, 0.5) is 0 Å². The van der Waals surface area contributed by atoms with Crippen LogP contribution in [0.1, 0.15) is 46.0 Å². The topological polar surface area (TPSA) is 49.3 Å². The molecular weight excluding hydrogens is 178 g/mol. The molecule has 1 rings (SSSR count). The Morgan fingerprint density at radius 1 is 1.57 bits per heavy atom. The van der Waals surface area contributed by atoms with E-state index in [9.17, 15) is 4.79 Å². The summed E-state index contributed by atoms with van der Waals surface area (Å²) in [6.45, 7) is 5.10. The highest BCUT2D eigenvalue weighted by molar-refractivity contribution is 5.68. The second-order valence-electron chi connectivity index (χ2n) is 4.40. The zero-order chi connectivity index (χ0) is 10.6. The van der Waals surface area contributed by atoms with Crippen LogP contribution >= 0.6 is 0 Å². The predicted octanol–water partition coefficient (Wildman–Crippen LogP) is 2.02. The molecule has 0 aromatic rings. The molecular formula is C11H21NO2. The first kappa shape index (κ1) is 11.5. The number of carboxylic acids is 1. The first-order valence-electron chi connectivity index (χ1n) is 5.58. The highest BCUT2D eigenvalue weighted by atomic mass is 16.4. The Morgan fingerprint density at radius 3 is 2.71 bits per heavy atom. The molecule has 0 aliphatic heterocycles. The lowest BCUT2D eigenvalue weighted by molar-refractivity contribution is -0.138. The number of nitrogens with one attached hydrogen (secondary N) is 1. The molecule has 1 aliphatic carbocycles. The maximum absolute atomic E-state index is 10.8. The zero-order valence-corrected chi connectivity index (χ0v) is 9.18. The van der Waals surface area contributed by atoms with E-state index in [1.807, 2.05) is 6.92 Å². The fraction of sp³-hybridized carbons (Fsp3) is 0.909. The molecule has 2 atom stereocenters. The summed E-state index contributed by atoms with van der Waals surface area (Å²) in [5, 5.41) is 12.3. The molecule has 82 valence electrons. The maximum atomic E-state index is 10.8. The minimum absolute atomic E-state index is 0.110. The molecule has 0 amide bonds. The van der Waals surface area contributed by atoms with Gasteiger partial charge < -0.3 is 10.4 Å². The van der Waals surface area contributed by atoms with Crippen molar-refractivity contribution in [3.05, 3.63) is 0 Å². The molecule has 3 nitrogen and oxygen atoms in total. The van der Waals surface area contributed by atoms with Gasteiger partial charge in [0.25, 0.3) is 0 Å². The Kier molecular flexibility index (Phi) is 3.93. The Labute approximate surface area is 85.9 Å². The summed E-state index contributed by atoms with van der Waals surface area (Å²) in [5.74, 6) is 0.0381. The molecule has 0 heterocycles. The number of rotatable bonds is 5. The van der Waals surface area contributed by atoms with E-state index in [0.29, 0.717) is 5.92 Å². The largest absolute Gasteiger partial charge is 0.481 e. The van der Waals surface area contributed by atoms with Crippen LogP contribution in [-0.2, 0) is 4.79 Å². The van der Waals surface area contributed by atoms with Gasteiger partial charge in [-0.05, 0) is 31.7 Å². The molecule has 0 saturated heterocycles. The number of hydrogen-bond acceptors (Lipinski definition) is 2. The third-order valence-corrected chi connectivity index (χ3v) is 3.33. The number of hydrogen-bond donors (Lipinski definition) is 2. The monoisotopic (exact) mass is 199 g/mol. The molecule has 0 radical (unpaired) electrons. The van der Waals surface area contributed by atoms with E-state index in [0.717, 1.165) is 19.4 Å². The van der Waals surface area contributed by atoms with Crippen molar-refractivity contribution in [2.24, 2.45) is 5.92 Å². The van der Waals surface area contributed by atoms with Crippen molar-refractivity contribution in [3.63, 3.8) is 0 Å². The second-order valence-corrected chi connectivity index (χ2v) is 4.40. The summed E-state index contributed by atoms with van der Waals surface area (Å²) in [6.07, 6.45) is 4.68. The van der Waals surface area contributed by atoms with E-state index in [2.05, 4.69) is 12.2 Å². The zero-order valence-electron chi connectivity index (χ0n) is 9.18. The van der Waals surface area contributed by atoms with Crippen LogP contribution in [0.25, 0.3) is 0 Å². The highest BCUT2D eigenvalue weighted by Gasteiger charge is 2.39. The van der Waals surface area contributed by atoms with Gasteiger partial charge in [-0.15, -0.1) is 0 Å². The van der Waals surface area contributed by atoms with Crippen LogP contribution in [0.15, 0.2) is 0 Å². The summed E-state index contributed by atoms with van der Waals surface area (Å²) in [5.41, 5.74) is -0.110. The normalized spacial score (nSPS) is 32.0. The van der Waals surface area contributed by atoms with E-state index in [4.69, 9.17) is 5.11 Å². The summed E-state index contributed by atoms with van der Waals surface area (Å²) < 4.78 is 0. The molecule has 0 aromatic carbocycles. The summed E-state index contributed by atoms with van der Waals surface area (Å²) in [7, 11) is 0. The van der Waals surface area contributed by atoms with Gasteiger partial charge in [0.05, 0.1) is 6.42 Å². The minimum atomic E-state index is -0.678. The van der Waals surface area contributed by atoms with Crippen molar-refractivity contribution in [1.29, 1.82) is 0 Å². The maximum Gasteiger partial charge on any atom is 0.305 e. The van der Waals surface area contributed by atoms with Crippen molar-refractivity contribution in [2.75, 3.05) is 6.54 Å². The first-order valence-corrected chi connectivity index (χ1v) is 5.58. The molecule has 0 aromatic heterocycles. The van der Waals surface area contributed by atoms with Crippen molar-refractivity contribution >= 4 is 5.97 Å². The van der Waals surface area contributed by atoms with Crippen LogP contribution in [0, 0.1) is 5.92 Å². The fourth-order valence-corrected chi connectivity index (χ4v) is 2.63. The number of carbonyl (C=O) groups is 1.